The van der Waals surface area contributed by atoms with E-state index < -0.39 is 0 Å². The standard InChI is InChI=1S/C18H24N4O2/c1-20-17(23)13-22-10-11-24-14-18(22)6-8-21(9-7-18)16-4-2-15(12-19)3-5-16/h2-5H,6-11,13-14H2,1H3,(H,20,23). The third-order valence-corrected chi connectivity index (χ3v) is 5.22. The largest absolute Gasteiger partial charge is 0.378 e. The molecule has 1 aromatic carbocycles. The SMILES string of the molecule is CNC(=O)CN1CCOCC12CCN(c1ccc(C#N)cc1)CC2. The predicted molar refractivity (Wildman–Crippen MR) is 91.8 cm³/mol. The fourth-order valence-corrected chi connectivity index (χ4v) is 3.65. The van der Waals surface area contributed by atoms with E-state index in [1.807, 2.05) is 24.3 Å². The molecule has 0 bridgehead atoms. The molecule has 3 rings (SSSR count). The molecule has 1 aromatic rings. The van der Waals surface area contributed by atoms with Crippen LogP contribution in [-0.4, -0.2) is 62.8 Å². The van der Waals surface area contributed by atoms with Gasteiger partial charge in [-0.1, -0.05) is 0 Å². The third-order valence-electron chi connectivity index (χ3n) is 5.22. The highest BCUT2D eigenvalue weighted by Gasteiger charge is 2.42. The first-order valence-electron chi connectivity index (χ1n) is 8.45. The fraction of sp³-hybridized carbons (Fsp3) is 0.556. The molecule has 6 nitrogen and oxygen atoms in total. The van der Waals surface area contributed by atoms with E-state index >= 15 is 0 Å². The van der Waals surface area contributed by atoms with Crippen LogP contribution >= 0.6 is 0 Å². The lowest BCUT2D eigenvalue weighted by Gasteiger charge is -2.51. The maximum Gasteiger partial charge on any atom is 0.233 e. The van der Waals surface area contributed by atoms with E-state index in [0.29, 0.717) is 25.3 Å². The average molecular weight is 328 g/mol. The van der Waals surface area contributed by atoms with Crippen LogP contribution in [0.3, 0.4) is 0 Å². The van der Waals surface area contributed by atoms with Crippen molar-refractivity contribution in [2.45, 2.75) is 18.4 Å². The van der Waals surface area contributed by atoms with Crippen LogP contribution < -0.4 is 10.2 Å². The molecular weight excluding hydrogens is 304 g/mol. The lowest BCUT2D eigenvalue weighted by Crippen LogP contribution is -2.63. The zero-order chi connectivity index (χ0) is 17.0. The number of likely N-dealkylation sites (N-methyl/N-ethyl adjacent to an activating group) is 1. The van der Waals surface area contributed by atoms with Crippen LogP contribution in [0.15, 0.2) is 24.3 Å². The van der Waals surface area contributed by atoms with E-state index in [2.05, 4.69) is 21.2 Å². The van der Waals surface area contributed by atoms with Crippen molar-refractivity contribution in [2.75, 3.05) is 51.3 Å². The Kier molecular flexibility index (Phi) is 5.03. The van der Waals surface area contributed by atoms with Gasteiger partial charge in [0.25, 0.3) is 0 Å². The summed E-state index contributed by atoms with van der Waals surface area (Å²) in [7, 11) is 1.68. The number of amides is 1. The number of nitrogens with one attached hydrogen (secondary N) is 1. The second-order valence-electron chi connectivity index (χ2n) is 6.52. The summed E-state index contributed by atoms with van der Waals surface area (Å²) >= 11 is 0. The lowest BCUT2D eigenvalue weighted by atomic mass is 9.85. The number of hydrogen-bond acceptors (Lipinski definition) is 5. The van der Waals surface area contributed by atoms with Crippen LogP contribution in [0.2, 0.25) is 0 Å². The van der Waals surface area contributed by atoms with Gasteiger partial charge in [0.15, 0.2) is 0 Å². The van der Waals surface area contributed by atoms with E-state index in [1.165, 1.54) is 0 Å². The molecule has 0 saturated carbocycles. The Morgan fingerprint density at radius 3 is 2.62 bits per heavy atom. The first-order valence-corrected chi connectivity index (χ1v) is 8.45. The molecule has 0 aromatic heterocycles. The van der Waals surface area contributed by atoms with Gasteiger partial charge in [0.2, 0.25) is 5.91 Å². The number of benzene rings is 1. The second kappa shape index (κ2) is 7.20. The molecule has 0 unspecified atom stereocenters. The molecule has 2 aliphatic rings. The average Bonchev–Trinajstić information content (AvgIpc) is 2.64. The number of nitrogens with zero attached hydrogens (tertiary/aromatic N) is 3. The van der Waals surface area contributed by atoms with E-state index in [-0.39, 0.29) is 11.4 Å². The molecule has 0 aliphatic carbocycles. The highest BCUT2D eigenvalue weighted by molar-refractivity contribution is 5.77. The second-order valence-corrected chi connectivity index (χ2v) is 6.52. The zero-order valence-corrected chi connectivity index (χ0v) is 14.1. The molecular formula is C18H24N4O2. The highest BCUT2D eigenvalue weighted by Crippen LogP contribution is 2.33. The monoisotopic (exact) mass is 328 g/mol. The van der Waals surface area contributed by atoms with Gasteiger partial charge in [-0.25, -0.2) is 0 Å². The minimum absolute atomic E-state index is 0.0339. The van der Waals surface area contributed by atoms with E-state index in [0.717, 1.165) is 38.2 Å². The summed E-state index contributed by atoms with van der Waals surface area (Å²) in [5, 5.41) is 11.6. The summed E-state index contributed by atoms with van der Waals surface area (Å²) in [5.41, 5.74) is 1.80. The lowest BCUT2D eigenvalue weighted by molar-refractivity contribution is -0.129. The maximum absolute atomic E-state index is 11.8. The normalized spacial score (nSPS) is 20.6. The van der Waals surface area contributed by atoms with Gasteiger partial charge >= 0.3 is 0 Å². The van der Waals surface area contributed by atoms with Gasteiger partial charge in [0.1, 0.15) is 0 Å². The number of ether oxygens (including phenoxy) is 1. The molecule has 1 amide bonds. The Morgan fingerprint density at radius 2 is 2.00 bits per heavy atom. The van der Waals surface area contributed by atoms with Crippen LogP contribution in [0, 0.1) is 11.3 Å². The van der Waals surface area contributed by atoms with Crippen molar-refractivity contribution in [1.82, 2.24) is 10.2 Å². The summed E-state index contributed by atoms with van der Waals surface area (Å²) in [4.78, 5) is 16.5. The van der Waals surface area contributed by atoms with Crippen LogP contribution in [0.25, 0.3) is 0 Å². The Balaban J connectivity index is 1.67. The van der Waals surface area contributed by atoms with Gasteiger partial charge in [-0.15, -0.1) is 0 Å². The topological polar surface area (TPSA) is 68.6 Å². The molecule has 0 atom stereocenters. The van der Waals surface area contributed by atoms with Gasteiger partial charge < -0.3 is 15.0 Å². The van der Waals surface area contributed by atoms with Gasteiger partial charge in [0.05, 0.1) is 31.4 Å². The first-order chi connectivity index (χ1) is 11.7. The molecule has 2 aliphatic heterocycles. The van der Waals surface area contributed by atoms with Gasteiger partial charge in [-0.05, 0) is 37.1 Å². The van der Waals surface area contributed by atoms with Crippen LogP contribution in [0.4, 0.5) is 5.69 Å². The molecule has 2 saturated heterocycles. The predicted octanol–water partition coefficient (Wildman–Crippen LogP) is 0.975. The van der Waals surface area contributed by atoms with Crippen LogP contribution in [-0.2, 0) is 9.53 Å². The van der Waals surface area contributed by atoms with Crippen molar-refractivity contribution in [1.29, 1.82) is 5.26 Å². The molecule has 2 fully saturated rings. The number of hydrogen-bond donors (Lipinski definition) is 1. The van der Waals surface area contributed by atoms with Crippen molar-refractivity contribution < 1.29 is 9.53 Å². The first kappa shape index (κ1) is 16.7. The van der Waals surface area contributed by atoms with E-state index in [9.17, 15) is 4.79 Å². The molecule has 0 radical (unpaired) electrons. The van der Waals surface area contributed by atoms with E-state index in [4.69, 9.17) is 10.00 Å². The number of nitriles is 1. The maximum atomic E-state index is 11.8. The molecule has 1 spiro atoms. The number of rotatable bonds is 3. The Morgan fingerprint density at radius 1 is 1.29 bits per heavy atom. The van der Waals surface area contributed by atoms with Crippen molar-refractivity contribution >= 4 is 11.6 Å². The number of morpholine rings is 1. The quantitative estimate of drug-likeness (QED) is 0.896. The summed E-state index contributed by atoms with van der Waals surface area (Å²) in [6.45, 7) is 4.50. The van der Waals surface area contributed by atoms with Crippen molar-refractivity contribution in [3.63, 3.8) is 0 Å². The number of carbonyl (C=O) groups is 1. The third kappa shape index (κ3) is 3.37. The minimum Gasteiger partial charge on any atom is -0.378 e. The van der Waals surface area contributed by atoms with Gasteiger partial charge in [0, 0.05) is 37.9 Å². The summed E-state index contributed by atoms with van der Waals surface area (Å²) in [5.74, 6) is 0.0609. The Bertz CT molecular complexity index is 615. The summed E-state index contributed by atoms with van der Waals surface area (Å²) in [6.07, 6.45) is 1.95. The zero-order valence-electron chi connectivity index (χ0n) is 14.1. The molecule has 24 heavy (non-hydrogen) atoms. The molecule has 128 valence electrons. The van der Waals surface area contributed by atoms with Gasteiger partial charge in [-0.2, -0.15) is 5.26 Å². The number of carbonyl (C=O) groups excluding carboxylic acids is 1. The van der Waals surface area contributed by atoms with Gasteiger partial charge in [-0.3, -0.25) is 9.69 Å². The van der Waals surface area contributed by atoms with Crippen LogP contribution in [0.1, 0.15) is 18.4 Å². The van der Waals surface area contributed by atoms with Crippen molar-refractivity contribution in [2.24, 2.45) is 0 Å². The number of piperidine rings is 1. The molecule has 1 N–H and O–H groups in total. The summed E-state index contributed by atoms with van der Waals surface area (Å²) in [6, 6.07) is 9.90. The van der Waals surface area contributed by atoms with E-state index in [1.54, 1.807) is 7.05 Å². The molecule has 2 heterocycles. The fourth-order valence-electron chi connectivity index (χ4n) is 3.65. The van der Waals surface area contributed by atoms with Crippen molar-refractivity contribution in [3.8, 4) is 6.07 Å². The number of anilines is 1. The smallest absolute Gasteiger partial charge is 0.233 e. The van der Waals surface area contributed by atoms with Crippen LogP contribution in [0.5, 0.6) is 0 Å². The minimum atomic E-state index is -0.0339. The Labute approximate surface area is 143 Å². The highest BCUT2D eigenvalue weighted by atomic mass is 16.5. The van der Waals surface area contributed by atoms with Crippen molar-refractivity contribution in [3.05, 3.63) is 29.8 Å². The molecule has 6 heteroatoms. The Hall–Kier alpha value is -2.10. The summed E-state index contributed by atoms with van der Waals surface area (Å²) < 4.78 is 5.75.